The van der Waals surface area contributed by atoms with E-state index in [2.05, 4.69) is 4.90 Å². The number of carbonyl (C=O) groups excluding carboxylic acids is 1. The minimum absolute atomic E-state index is 0.0406. The van der Waals surface area contributed by atoms with Crippen molar-refractivity contribution in [2.45, 2.75) is 13.0 Å². The number of rotatable bonds is 4. The summed E-state index contributed by atoms with van der Waals surface area (Å²) in [5.74, 6) is -0.364. The van der Waals surface area contributed by atoms with Crippen LogP contribution in [0.5, 0.6) is 0 Å². The molecule has 0 bridgehead atoms. The van der Waals surface area contributed by atoms with E-state index in [1.54, 1.807) is 0 Å². The van der Waals surface area contributed by atoms with Crippen molar-refractivity contribution in [2.24, 2.45) is 0 Å². The second kappa shape index (κ2) is 5.55. The Kier molecular flexibility index (Phi) is 3.61. The van der Waals surface area contributed by atoms with Crippen molar-refractivity contribution in [3.05, 3.63) is 71.0 Å². The highest BCUT2D eigenvalue weighted by molar-refractivity contribution is 6.09. The molecule has 3 rings (SSSR count). The summed E-state index contributed by atoms with van der Waals surface area (Å²) in [5.41, 5.74) is 2.29. The molecule has 0 N–H and O–H groups in total. The summed E-state index contributed by atoms with van der Waals surface area (Å²) in [5, 5.41) is 0. The van der Waals surface area contributed by atoms with Crippen molar-refractivity contribution in [2.75, 3.05) is 13.1 Å². The first-order valence-electron chi connectivity index (χ1n) is 6.84. The molecule has 0 atom stereocenters. The summed E-state index contributed by atoms with van der Waals surface area (Å²) < 4.78 is 12.9. The Morgan fingerprint density at radius 2 is 1.75 bits per heavy atom. The summed E-state index contributed by atoms with van der Waals surface area (Å²) >= 11 is 0. The molecular weight excluding hydrogens is 253 g/mol. The lowest BCUT2D eigenvalue weighted by atomic mass is 9.97. The van der Waals surface area contributed by atoms with Crippen molar-refractivity contribution < 1.29 is 9.18 Å². The molecule has 3 heteroatoms. The van der Waals surface area contributed by atoms with Gasteiger partial charge >= 0.3 is 0 Å². The highest BCUT2D eigenvalue weighted by atomic mass is 19.1. The molecule has 1 aliphatic heterocycles. The maximum Gasteiger partial charge on any atom is 0.193 e. The van der Waals surface area contributed by atoms with Crippen LogP contribution < -0.4 is 0 Å². The third-order valence-corrected chi connectivity index (χ3v) is 3.71. The van der Waals surface area contributed by atoms with Crippen LogP contribution >= 0.6 is 0 Å². The van der Waals surface area contributed by atoms with Crippen LogP contribution in [-0.4, -0.2) is 23.8 Å². The zero-order chi connectivity index (χ0) is 13.9. The van der Waals surface area contributed by atoms with E-state index < -0.39 is 0 Å². The molecule has 0 aromatic heterocycles. The number of hydrogen-bond donors (Lipinski definition) is 0. The first-order chi connectivity index (χ1) is 9.74. The number of ketones is 1. The Morgan fingerprint density at radius 1 is 1.05 bits per heavy atom. The third kappa shape index (κ3) is 2.63. The second-order valence-corrected chi connectivity index (χ2v) is 5.12. The van der Waals surface area contributed by atoms with E-state index in [1.807, 2.05) is 24.3 Å². The minimum Gasteiger partial charge on any atom is -0.299 e. The summed E-state index contributed by atoms with van der Waals surface area (Å²) in [6, 6.07) is 13.4. The van der Waals surface area contributed by atoms with Crippen LogP contribution in [0.1, 0.15) is 27.9 Å². The number of carbonyl (C=O) groups is 1. The molecule has 0 aliphatic carbocycles. The maximum absolute atomic E-state index is 12.9. The lowest BCUT2D eigenvalue weighted by Crippen LogP contribution is -2.36. The largest absolute Gasteiger partial charge is 0.299 e. The predicted octanol–water partition coefficient (Wildman–Crippen LogP) is 3.26. The van der Waals surface area contributed by atoms with Crippen molar-refractivity contribution in [3.63, 3.8) is 0 Å². The predicted molar refractivity (Wildman–Crippen MR) is 76.2 cm³/mol. The quantitative estimate of drug-likeness (QED) is 0.794. The first-order valence-corrected chi connectivity index (χ1v) is 6.84. The second-order valence-electron chi connectivity index (χ2n) is 5.12. The van der Waals surface area contributed by atoms with Crippen LogP contribution in [0, 0.1) is 5.82 Å². The fraction of sp³-hybridized carbons (Fsp3) is 0.235. The summed E-state index contributed by atoms with van der Waals surface area (Å²) in [6.45, 7) is 3.00. The van der Waals surface area contributed by atoms with Gasteiger partial charge in [0.25, 0.3) is 0 Å². The molecule has 0 saturated carbocycles. The van der Waals surface area contributed by atoms with Crippen molar-refractivity contribution >= 4 is 5.78 Å². The smallest absolute Gasteiger partial charge is 0.193 e. The standard InChI is InChI=1S/C17H16FNO/c18-15-8-6-13(7-9-15)17(20)16-5-2-1-4-14(16)12-19-10-3-11-19/h1-2,4-9H,3,10-12H2. The average molecular weight is 269 g/mol. The van der Waals surface area contributed by atoms with Crippen LogP contribution in [0.25, 0.3) is 0 Å². The number of nitrogens with zero attached hydrogens (tertiary/aromatic N) is 1. The van der Waals surface area contributed by atoms with Crippen LogP contribution in [0.2, 0.25) is 0 Å². The van der Waals surface area contributed by atoms with Gasteiger partial charge in [0.2, 0.25) is 0 Å². The molecule has 102 valence electrons. The summed E-state index contributed by atoms with van der Waals surface area (Å²) in [7, 11) is 0. The van der Waals surface area contributed by atoms with E-state index in [9.17, 15) is 9.18 Å². The Bertz CT molecular complexity index is 617. The van der Waals surface area contributed by atoms with Gasteiger partial charge in [0.15, 0.2) is 5.78 Å². The molecule has 0 spiro atoms. The monoisotopic (exact) mass is 269 g/mol. The van der Waals surface area contributed by atoms with Crippen LogP contribution in [-0.2, 0) is 6.54 Å². The number of likely N-dealkylation sites (tertiary alicyclic amines) is 1. The zero-order valence-corrected chi connectivity index (χ0v) is 11.2. The average Bonchev–Trinajstić information content (AvgIpc) is 2.43. The minimum atomic E-state index is -0.324. The van der Waals surface area contributed by atoms with Crippen molar-refractivity contribution in [1.82, 2.24) is 4.90 Å². The fourth-order valence-corrected chi connectivity index (χ4v) is 2.42. The van der Waals surface area contributed by atoms with E-state index in [0.717, 1.165) is 25.2 Å². The summed E-state index contributed by atoms with van der Waals surface area (Å²) in [4.78, 5) is 14.8. The summed E-state index contributed by atoms with van der Waals surface area (Å²) in [6.07, 6.45) is 1.23. The molecule has 2 aromatic carbocycles. The highest BCUT2D eigenvalue weighted by Crippen LogP contribution is 2.19. The van der Waals surface area contributed by atoms with E-state index in [-0.39, 0.29) is 11.6 Å². The first kappa shape index (κ1) is 13.0. The fourth-order valence-electron chi connectivity index (χ4n) is 2.42. The van der Waals surface area contributed by atoms with Crippen LogP contribution in [0.4, 0.5) is 4.39 Å². The normalized spacial score (nSPS) is 14.8. The van der Waals surface area contributed by atoms with E-state index in [1.165, 1.54) is 30.7 Å². The van der Waals surface area contributed by atoms with E-state index in [4.69, 9.17) is 0 Å². The van der Waals surface area contributed by atoms with Crippen molar-refractivity contribution in [3.8, 4) is 0 Å². The van der Waals surface area contributed by atoms with Gasteiger partial charge in [0.1, 0.15) is 5.82 Å². The van der Waals surface area contributed by atoms with Crippen LogP contribution in [0.3, 0.4) is 0 Å². The lowest BCUT2D eigenvalue weighted by molar-refractivity contribution is 0.103. The Labute approximate surface area is 117 Å². The molecule has 2 nitrogen and oxygen atoms in total. The molecule has 20 heavy (non-hydrogen) atoms. The van der Waals surface area contributed by atoms with Gasteiger partial charge in [0.05, 0.1) is 0 Å². The molecule has 1 heterocycles. The van der Waals surface area contributed by atoms with Gasteiger partial charge in [-0.15, -0.1) is 0 Å². The molecular formula is C17H16FNO. The van der Waals surface area contributed by atoms with Gasteiger partial charge in [-0.2, -0.15) is 0 Å². The van der Waals surface area contributed by atoms with Gasteiger partial charge in [-0.3, -0.25) is 9.69 Å². The number of halogens is 1. The van der Waals surface area contributed by atoms with Crippen molar-refractivity contribution in [1.29, 1.82) is 0 Å². The van der Waals surface area contributed by atoms with Gasteiger partial charge in [-0.25, -0.2) is 4.39 Å². The van der Waals surface area contributed by atoms with E-state index in [0.29, 0.717) is 11.1 Å². The Balaban J connectivity index is 1.88. The van der Waals surface area contributed by atoms with Gasteiger partial charge in [0, 0.05) is 17.7 Å². The molecule has 1 aliphatic rings. The molecule has 1 fully saturated rings. The molecule has 0 amide bonds. The molecule has 2 aromatic rings. The lowest BCUT2D eigenvalue weighted by Gasteiger charge is -2.31. The van der Waals surface area contributed by atoms with Gasteiger partial charge < -0.3 is 0 Å². The van der Waals surface area contributed by atoms with Crippen LogP contribution in [0.15, 0.2) is 48.5 Å². The van der Waals surface area contributed by atoms with Gasteiger partial charge in [-0.1, -0.05) is 24.3 Å². The SMILES string of the molecule is O=C(c1ccc(F)cc1)c1ccccc1CN1CCC1. The zero-order valence-electron chi connectivity index (χ0n) is 11.2. The number of hydrogen-bond acceptors (Lipinski definition) is 2. The Hall–Kier alpha value is -2.00. The number of benzene rings is 2. The maximum atomic E-state index is 12.9. The van der Waals surface area contributed by atoms with Gasteiger partial charge in [-0.05, 0) is 49.3 Å². The highest BCUT2D eigenvalue weighted by Gasteiger charge is 2.18. The Morgan fingerprint density at radius 3 is 2.40 bits per heavy atom. The topological polar surface area (TPSA) is 20.3 Å². The van der Waals surface area contributed by atoms with E-state index >= 15 is 0 Å². The molecule has 1 saturated heterocycles. The third-order valence-electron chi connectivity index (χ3n) is 3.71. The molecule has 0 unspecified atom stereocenters. The molecule has 0 radical (unpaired) electrons.